The summed E-state index contributed by atoms with van der Waals surface area (Å²) in [6, 6.07) is 0. The topological polar surface area (TPSA) is 163 Å². The molecule has 3 rings (SSSR count). The van der Waals surface area contributed by atoms with Crippen LogP contribution in [0.25, 0.3) is 0 Å². The Labute approximate surface area is 298 Å². The molecule has 5 N–H and O–H groups in total. The van der Waals surface area contributed by atoms with Crippen LogP contribution in [0.1, 0.15) is 115 Å². The Hall–Kier alpha value is -0.140. The number of carbonyl (C=O) groups is 2. The Morgan fingerprint density at radius 2 is 1.46 bits per heavy atom. The van der Waals surface area contributed by atoms with Gasteiger partial charge < -0.3 is 39.7 Å². The van der Waals surface area contributed by atoms with Crippen molar-refractivity contribution in [1.82, 2.24) is 0 Å². The number of carboxylic acids is 1. The maximum Gasteiger partial charge on any atom is 0.311 e. The number of hydrogen-bond acceptors (Lipinski definition) is 9. The first-order chi connectivity index (χ1) is 20.7. The van der Waals surface area contributed by atoms with Gasteiger partial charge in [0.2, 0.25) is 0 Å². The molecule has 0 aromatic carbocycles. The largest absolute Gasteiger partial charge is 0.481 e. The van der Waals surface area contributed by atoms with E-state index in [-0.39, 0.29) is 53.1 Å². The average Bonchev–Trinajstić information content (AvgIpc) is 3.46. The fourth-order valence-corrected chi connectivity index (χ4v) is 9.06. The number of carbonyl (C=O) groups excluding carboxylic acids is 1. The SMILES string of the molecule is CC[C@@H](C(=O)[C@@H](C)[C@@H](O)[C@H](C)[C@H]1O[C@@](O)([C@H](C)C(=O)O)[C@H](C)C[C@@H]1C)[C@H]1O[C@](C)([C@]2(O)O[C@@](CC)([C@@H](O)CC)C[C@H]2C)C[C@@H]1C.[Na]. The average molecular weight is 666 g/mol. The van der Waals surface area contributed by atoms with Gasteiger partial charge in [0.15, 0.2) is 11.6 Å². The number of ketones is 1. The number of carboxylic acid groups (broad SMARTS) is 1. The number of rotatable bonds is 13. The molecule has 0 aromatic heterocycles. The molecule has 3 heterocycles. The molecule has 11 heteroatoms. The molecular formula is C35H62NaO10. The van der Waals surface area contributed by atoms with Crippen LogP contribution in [-0.4, -0.2) is 114 Å². The normalized spacial score (nSPS) is 43.6. The van der Waals surface area contributed by atoms with E-state index < -0.39 is 82.8 Å². The zero-order chi connectivity index (χ0) is 34.4. The van der Waals surface area contributed by atoms with Crippen LogP contribution in [0.2, 0.25) is 0 Å². The van der Waals surface area contributed by atoms with Gasteiger partial charge >= 0.3 is 5.97 Å². The van der Waals surface area contributed by atoms with Gasteiger partial charge in [-0.2, -0.15) is 0 Å². The van der Waals surface area contributed by atoms with E-state index in [2.05, 4.69) is 0 Å². The van der Waals surface area contributed by atoms with Crippen LogP contribution in [0.3, 0.4) is 0 Å². The van der Waals surface area contributed by atoms with Gasteiger partial charge in [0.05, 0.1) is 30.0 Å². The summed E-state index contributed by atoms with van der Waals surface area (Å²) in [7, 11) is 0. The minimum atomic E-state index is -1.89. The molecule has 3 aliphatic rings. The summed E-state index contributed by atoms with van der Waals surface area (Å²) in [6.07, 6.45) is -0.0253. The molecule has 3 saturated heterocycles. The summed E-state index contributed by atoms with van der Waals surface area (Å²) < 4.78 is 19.2. The summed E-state index contributed by atoms with van der Waals surface area (Å²) in [5.41, 5.74) is -1.99. The molecule has 0 unspecified atom stereocenters. The van der Waals surface area contributed by atoms with Crippen molar-refractivity contribution in [1.29, 1.82) is 0 Å². The van der Waals surface area contributed by atoms with Gasteiger partial charge in [0.1, 0.15) is 17.3 Å². The fourth-order valence-electron chi connectivity index (χ4n) is 9.06. The molecule has 0 aromatic rings. The standard InChI is InChI=1S/C35H62O10.Na/c1-12-25(30-19(5)16-32(11,43-30)35(42)21(7)17-33(14-3,45-35)26(36)13-2)28(38)22(8)27(37)23(9)29-18(4)15-20(6)34(41,44-29)24(10)31(39)40;/h18-27,29-30,36-37,41-42H,12-17H2,1-11H3,(H,39,40);/t18-,19-,20+,21+,22-,23-,24+,25-,26-,27+,29-,30-,32-,33+,34+,35+;/m0./s1. The third-order valence-electron chi connectivity index (χ3n) is 12.2. The van der Waals surface area contributed by atoms with Crippen molar-refractivity contribution in [2.24, 2.45) is 47.3 Å². The van der Waals surface area contributed by atoms with Crippen LogP contribution in [0.5, 0.6) is 0 Å². The maximum absolute atomic E-state index is 14.1. The minimum Gasteiger partial charge on any atom is -0.481 e. The van der Waals surface area contributed by atoms with Crippen molar-refractivity contribution >= 4 is 41.3 Å². The van der Waals surface area contributed by atoms with Crippen LogP contribution in [0.4, 0.5) is 0 Å². The van der Waals surface area contributed by atoms with Crippen molar-refractivity contribution in [3.8, 4) is 0 Å². The summed E-state index contributed by atoms with van der Waals surface area (Å²) in [6.45, 7) is 20.2. The Balaban J connectivity index is 0.00000736. The zero-order valence-electron chi connectivity index (χ0n) is 30.4. The van der Waals surface area contributed by atoms with Crippen LogP contribution < -0.4 is 0 Å². The molecule has 1 radical (unpaired) electrons. The van der Waals surface area contributed by atoms with Crippen molar-refractivity contribution in [3.63, 3.8) is 0 Å². The summed E-state index contributed by atoms with van der Waals surface area (Å²) in [5, 5.41) is 55.4. The number of hydrogen-bond donors (Lipinski definition) is 5. The Morgan fingerprint density at radius 1 is 0.870 bits per heavy atom. The second kappa shape index (κ2) is 15.4. The van der Waals surface area contributed by atoms with E-state index in [9.17, 15) is 35.1 Å². The molecule has 46 heavy (non-hydrogen) atoms. The Morgan fingerprint density at radius 3 is 1.96 bits per heavy atom. The van der Waals surface area contributed by atoms with Gasteiger partial charge in [-0.1, -0.05) is 62.3 Å². The van der Waals surface area contributed by atoms with E-state index in [1.165, 1.54) is 6.92 Å². The van der Waals surface area contributed by atoms with Crippen LogP contribution in [0, 0.1) is 47.3 Å². The van der Waals surface area contributed by atoms with Gasteiger partial charge in [0.25, 0.3) is 0 Å². The molecule has 16 atom stereocenters. The van der Waals surface area contributed by atoms with E-state index in [4.69, 9.17) is 14.2 Å². The van der Waals surface area contributed by atoms with Crippen LogP contribution in [-0.2, 0) is 23.8 Å². The van der Waals surface area contributed by atoms with Crippen LogP contribution in [0.15, 0.2) is 0 Å². The number of aliphatic hydroxyl groups is 4. The van der Waals surface area contributed by atoms with E-state index in [0.29, 0.717) is 38.5 Å². The Kier molecular flexibility index (Phi) is 14.1. The van der Waals surface area contributed by atoms with Gasteiger partial charge in [0, 0.05) is 59.1 Å². The van der Waals surface area contributed by atoms with E-state index >= 15 is 0 Å². The number of Topliss-reactive ketones (excluding diaryl/α,β-unsaturated/α-hetero) is 1. The second-order valence-electron chi connectivity index (χ2n) is 15.3. The molecule has 0 saturated carbocycles. The molecule has 263 valence electrons. The molecule has 10 nitrogen and oxygen atoms in total. The first-order valence-electron chi connectivity index (χ1n) is 17.3. The zero-order valence-corrected chi connectivity index (χ0v) is 32.4. The molecule has 3 fully saturated rings. The van der Waals surface area contributed by atoms with Gasteiger partial charge in [-0.3, -0.25) is 9.59 Å². The van der Waals surface area contributed by atoms with Crippen LogP contribution >= 0.6 is 0 Å². The van der Waals surface area contributed by atoms with Gasteiger partial charge in [-0.05, 0) is 64.2 Å². The number of aliphatic hydroxyl groups excluding tert-OH is 2. The van der Waals surface area contributed by atoms with Gasteiger partial charge in [-0.25, -0.2) is 0 Å². The Bertz CT molecular complexity index is 1060. The quantitative estimate of drug-likeness (QED) is 0.181. The minimum absolute atomic E-state index is 0. The van der Waals surface area contributed by atoms with E-state index in [1.54, 1.807) is 20.8 Å². The third kappa shape index (κ3) is 7.19. The van der Waals surface area contributed by atoms with Gasteiger partial charge in [-0.15, -0.1) is 0 Å². The summed E-state index contributed by atoms with van der Waals surface area (Å²) >= 11 is 0. The van der Waals surface area contributed by atoms with E-state index in [0.717, 1.165) is 0 Å². The summed E-state index contributed by atoms with van der Waals surface area (Å²) in [5.74, 6) is -8.84. The summed E-state index contributed by atoms with van der Waals surface area (Å²) in [4.78, 5) is 25.9. The third-order valence-corrected chi connectivity index (χ3v) is 12.2. The molecule has 0 amide bonds. The predicted octanol–water partition coefficient (Wildman–Crippen LogP) is 4.15. The first-order valence-corrected chi connectivity index (χ1v) is 17.3. The fraction of sp³-hybridized carbons (Fsp3) is 0.943. The molecule has 0 aliphatic carbocycles. The number of aliphatic carboxylic acids is 1. The maximum atomic E-state index is 14.1. The smallest absolute Gasteiger partial charge is 0.311 e. The van der Waals surface area contributed by atoms with Crippen molar-refractivity contribution < 1.29 is 49.3 Å². The van der Waals surface area contributed by atoms with Crippen molar-refractivity contribution in [2.75, 3.05) is 0 Å². The monoisotopic (exact) mass is 665 g/mol. The molecule has 3 aliphatic heterocycles. The van der Waals surface area contributed by atoms with Crippen molar-refractivity contribution in [3.05, 3.63) is 0 Å². The van der Waals surface area contributed by atoms with E-state index in [1.807, 2.05) is 48.5 Å². The molecule has 0 bridgehead atoms. The second-order valence-corrected chi connectivity index (χ2v) is 15.3. The first kappa shape index (κ1) is 42.0. The molecule has 0 spiro atoms. The number of ether oxygens (including phenoxy) is 3. The predicted molar refractivity (Wildman–Crippen MR) is 175 cm³/mol. The van der Waals surface area contributed by atoms with Crippen molar-refractivity contribution in [2.45, 2.75) is 162 Å². The molecular weight excluding hydrogens is 603 g/mol.